The number of para-hydroxylation sites is 1. The minimum atomic E-state index is -1.10. The molecule has 2 aromatic carbocycles. The normalized spacial score (nSPS) is 20.2. The average Bonchev–Trinajstić information content (AvgIpc) is 2.65. The van der Waals surface area contributed by atoms with Crippen LogP contribution in [0, 0.1) is 0 Å². The number of methoxy groups -OCH3 is 1. The van der Waals surface area contributed by atoms with Gasteiger partial charge in [-0.05, 0) is 29.8 Å². The van der Waals surface area contributed by atoms with Gasteiger partial charge < -0.3 is 20.6 Å². The number of fused-ring (bicyclic) bond motifs is 1. The molecule has 1 amide bonds. The van der Waals surface area contributed by atoms with Crippen LogP contribution in [-0.2, 0) is 4.79 Å². The second-order valence-electron chi connectivity index (χ2n) is 4.74. The number of rotatable bonds is 2. The quantitative estimate of drug-likeness (QED) is 0.886. The predicted molar refractivity (Wildman–Crippen MR) is 86.3 cm³/mol. The lowest BCUT2D eigenvalue weighted by Crippen LogP contribution is -2.30. The summed E-state index contributed by atoms with van der Waals surface area (Å²) < 4.78 is 5.14. The lowest BCUT2D eigenvalue weighted by molar-refractivity contribution is -0.124. The maximum absolute atomic E-state index is 12.1. The number of carbonyl (C=O) groups excluding carboxylic acids is 1. The molecule has 0 bridgehead atoms. The molecule has 0 unspecified atom stereocenters. The molecule has 5 nitrogen and oxygen atoms in total. The Morgan fingerprint density at radius 3 is 2.50 bits per heavy atom. The number of hydrogen-bond donors (Lipinski definition) is 2. The zero-order valence-corrected chi connectivity index (χ0v) is 12.8. The highest BCUT2D eigenvalue weighted by molar-refractivity contribution is 7.99. The minimum absolute atomic E-state index is 0. The van der Waals surface area contributed by atoms with Gasteiger partial charge in [0.25, 0.3) is 5.91 Å². The highest BCUT2D eigenvalue weighted by Crippen LogP contribution is 2.43. The molecule has 1 aliphatic rings. The van der Waals surface area contributed by atoms with Gasteiger partial charge in [-0.2, -0.15) is 0 Å². The lowest BCUT2D eigenvalue weighted by Gasteiger charge is -2.19. The first-order valence-electron chi connectivity index (χ1n) is 6.57. The highest BCUT2D eigenvalue weighted by Gasteiger charge is 2.32. The molecule has 0 fully saturated rings. The van der Waals surface area contributed by atoms with Crippen LogP contribution in [0.1, 0.15) is 10.8 Å². The van der Waals surface area contributed by atoms with Crippen molar-refractivity contribution in [2.24, 2.45) is 0 Å². The van der Waals surface area contributed by atoms with Crippen molar-refractivity contribution >= 4 is 23.4 Å². The van der Waals surface area contributed by atoms with Crippen molar-refractivity contribution in [1.29, 1.82) is 0 Å². The Labute approximate surface area is 132 Å². The van der Waals surface area contributed by atoms with Gasteiger partial charge in [-0.1, -0.05) is 24.3 Å². The van der Waals surface area contributed by atoms with Gasteiger partial charge in [0.2, 0.25) is 0 Å². The number of hydrogen-bond acceptors (Lipinski definition) is 4. The molecule has 0 radical (unpaired) electrons. The van der Waals surface area contributed by atoms with Crippen molar-refractivity contribution < 1.29 is 20.1 Å². The molecule has 6 heteroatoms. The molecule has 0 saturated heterocycles. The summed E-state index contributed by atoms with van der Waals surface area (Å²) in [5.74, 6) is 0.366. The maximum atomic E-state index is 12.1. The van der Waals surface area contributed by atoms with Crippen molar-refractivity contribution in [2.75, 3.05) is 12.4 Å². The van der Waals surface area contributed by atoms with E-state index in [2.05, 4.69) is 5.32 Å². The van der Waals surface area contributed by atoms with Gasteiger partial charge in [0, 0.05) is 4.90 Å². The van der Waals surface area contributed by atoms with Crippen LogP contribution in [0.3, 0.4) is 0 Å². The fraction of sp³-hybridized carbons (Fsp3) is 0.188. The molecular formula is C16H17NO4S. The van der Waals surface area contributed by atoms with Crippen molar-refractivity contribution in [2.45, 2.75) is 16.2 Å². The minimum Gasteiger partial charge on any atom is -0.497 e. The molecule has 1 aliphatic heterocycles. The van der Waals surface area contributed by atoms with E-state index in [1.807, 2.05) is 48.5 Å². The molecule has 0 saturated carbocycles. The maximum Gasteiger partial charge on any atom is 0.254 e. The van der Waals surface area contributed by atoms with Crippen molar-refractivity contribution in [3.63, 3.8) is 0 Å². The third-order valence-electron chi connectivity index (χ3n) is 3.40. The Morgan fingerprint density at radius 1 is 1.14 bits per heavy atom. The number of aliphatic hydroxyl groups is 1. The molecular weight excluding hydrogens is 302 g/mol. The van der Waals surface area contributed by atoms with Crippen LogP contribution in [-0.4, -0.2) is 29.7 Å². The molecule has 2 atom stereocenters. The Bertz CT molecular complexity index is 659. The van der Waals surface area contributed by atoms with Gasteiger partial charge in [0.1, 0.15) is 11.9 Å². The molecule has 0 aromatic heterocycles. The van der Waals surface area contributed by atoms with E-state index >= 15 is 0 Å². The number of aliphatic hydroxyl groups excluding tert-OH is 1. The third-order valence-corrected chi connectivity index (χ3v) is 4.79. The van der Waals surface area contributed by atoms with Crippen molar-refractivity contribution in [3.8, 4) is 5.75 Å². The van der Waals surface area contributed by atoms with Crippen LogP contribution in [0.4, 0.5) is 5.69 Å². The third kappa shape index (κ3) is 3.09. The number of anilines is 1. The molecule has 0 spiro atoms. The number of amides is 1. The van der Waals surface area contributed by atoms with Crippen LogP contribution in [0.5, 0.6) is 5.75 Å². The van der Waals surface area contributed by atoms with E-state index in [-0.39, 0.29) is 16.6 Å². The average molecular weight is 319 g/mol. The summed E-state index contributed by atoms with van der Waals surface area (Å²) in [7, 11) is 1.61. The van der Waals surface area contributed by atoms with E-state index in [0.717, 1.165) is 21.9 Å². The summed E-state index contributed by atoms with van der Waals surface area (Å²) >= 11 is 1.48. The van der Waals surface area contributed by atoms with E-state index < -0.39 is 6.10 Å². The standard InChI is InChI=1S/C16H15NO3S.H2O/c1-20-11-8-6-10(7-9-11)15-14(18)16(19)17-12-4-2-3-5-13(12)21-15;/h2-9,14-15,18H,1H3,(H,17,19);1H2/t14-,15+;/m1./s1. The highest BCUT2D eigenvalue weighted by atomic mass is 32.2. The Balaban J connectivity index is 0.00000176. The largest absolute Gasteiger partial charge is 0.497 e. The number of thioether (sulfide) groups is 1. The van der Waals surface area contributed by atoms with Gasteiger partial charge in [0.05, 0.1) is 18.0 Å². The van der Waals surface area contributed by atoms with E-state index in [4.69, 9.17) is 4.74 Å². The van der Waals surface area contributed by atoms with Gasteiger partial charge in [0.15, 0.2) is 0 Å². The first-order chi connectivity index (χ1) is 10.2. The zero-order chi connectivity index (χ0) is 14.8. The smallest absolute Gasteiger partial charge is 0.254 e. The van der Waals surface area contributed by atoms with Crippen LogP contribution in [0.25, 0.3) is 0 Å². The van der Waals surface area contributed by atoms with Crippen LogP contribution >= 0.6 is 11.8 Å². The zero-order valence-electron chi connectivity index (χ0n) is 11.9. The summed E-state index contributed by atoms with van der Waals surface area (Å²) in [4.78, 5) is 13.0. The first-order valence-corrected chi connectivity index (χ1v) is 7.45. The van der Waals surface area contributed by atoms with Gasteiger partial charge >= 0.3 is 0 Å². The molecule has 1 heterocycles. The Hall–Kier alpha value is -2.02. The Morgan fingerprint density at radius 2 is 1.82 bits per heavy atom. The summed E-state index contributed by atoms with van der Waals surface area (Å²) in [5.41, 5.74) is 1.63. The van der Waals surface area contributed by atoms with Gasteiger partial charge in [-0.15, -0.1) is 11.8 Å². The topological polar surface area (TPSA) is 90.1 Å². The van der Waals surface area contributed by atoms with Crippen LogP contribution in [0.15, 0.2) is 53.4 Å². The fourth-order valence-corrected chi connectivity index (χ4v) is 3.48. The first kappa shape index (κ1) is 16.4. The van der Waals surface area contributed by atoms with Crippen LogP contribution in [0.2, 0.25) is 0 Å². The van der Waals surface area contributed by atoms with Crippen LogP contribution < -0.4 is 10.1 Å². The number of carbonyl (C=O) groups is 1. The fourth-order valence-electron chi connectivity index (χ4n) is 2.26. The SMILES string of the molecule is COc1ccc([C@@H]2Sc3ccccc3NC(=O)[C@@H]2O)cc1.O. The molecule has 0 aliphatic carbocycles. The van der Waals surface area contributed by atoms with Gasteiger partial charge in [-0.25, -0.2) is 0 Å². The Kier molecular flexibility index (Phi) is 5.07. The monoisotopic (exact) mass is 319 g/mol. The number of nitrogens with one attached hydrogen (secondary N) is 1. The summed E-state index contributed by atoms with van der Waals surface area (Å²) in [5, 5.41) is 12.7. The molecule has 2 aromatic rings. The predicted octanol–water partition coefficient (Wildman–Crippen LogP) is 2.02. The van der Waals surface area contributed by atoms with E-state index in [1.165, 1.54) is 11.8 Å². The molecule has 4 N–H and O–H groups in total. The van der Waals surface area contributed by atoms with Crippen molar-refractivity contribution in [1.82, 2.24) is 0 Å². The molecule has 22 heavy (non-hydrogen) atoms. The summed E-state index contributed by atoms with van der Waals surface area (Å²) in [6.45, 7) is 0. The second kappa shape index (κ2) is 6.83. The lowest BCUT2D eigenvalue weighted by atomic mass is 10.1. The van der Waals surface area contributed by atoms with E-state index in [0.29, 0.717) is 0 Å². The molecule has 3 rings (SSSR count). The molecule has 116 valence electrons. The van der Waals surface area contributed by atoms with E-state index in [9.17, 15) is 9.90 Å². The van der Waals surface area contributed by atoms with Gasteiger partial charge in [-0.3, -0.25) is 4.79 Å². The number of benzene rings is 2. The second-order valence-corrected chi connectivity index (χ2v) is 5.93. The van der Waals surface area contributed by atoms with Crippen molar-refractivity contribution in [3.05, 3.63) is 54.1 Å². The number of ether oxygens (including phenoxy) is 1. The van der Waals surface area contributed by atoms with E-state index in [1.54, 1.807) is 7.11 Å². The summed E-state index contributed by atoms with van der Waals surface area (Å²) in [6, 6.07) is 15.0. The summed E-state index contributed by atoms with van der Waals surface area (Å²) in [6.07, 6.45) is -1.10.